The van der Waals surface area contributed by atoms with Gasteiger partial charge in [-0.15, -0.1) is 6.58 Å². The molecular formula is C13H17NOS. The number of hydrogen-bond acceptors (Lipinski definition) is 2. The number of amides is 1. The topological polar surface area (TPSA) is 29.1 Å². The molecule has 2 unspecified atom stereocenters. The monoisotopic (exact) mass is 235 g/mol. The van der Waals surface area contributed by atoms with Gasteiger partial charge in [-0.1, -0.05) is 30.9 Å². The van der Waals surface area contributed by atoms with E-state index in [1.165, 1.54) is 11.9 Å². The van der Waals surface area contributed by atoms with Crippen LogP contribution in [0.25, 0.3) is 0 Å². The minimum atomic E-state index is 0.0920. The van der Waals surface area contributed by atoms with Crippen molar-refractivity contribution in [2.24, 2.45) is 11.8 Å². The van der Waals surface area contributed by atoms with E-state index in [4.69, 9.17) is 0 Å². The maximum absolute atomic E-state index is 11.6. The number of allylic oxidation sites excluding steroid dienone is 5. The van der Waals surface area contributed by atoms with E-state index < -0.39 is 0 Å². The molecule has 2 nitrogen and oxygen atoms in total. The molecule has 3 heteroatoms. The summed E-state index contributed by atoms with van der Waals surface area (Å²) in [5.41, 5.74) is 0. The average Bonchev–Trinajstić information content (AvgIpc) is 3.05. The Balaban J connectivity index is 2.38. The second kappa shape index (κ2) is 6.38. The number of nitrogens with one attached hydrogen (secondary N) is 1. The zero-order valence-corrected chi connectivity index (χ0v) is 10.3. The molecule has 0 heterocycles. The molecule has 1 amide bonds. The van der Waals surface area contributed by atoms with Crippen molar-refractivity contribution in [3.8, 4) is 0 Å². The molecule has 16 heavy (non-hydrogen) atoms. The highest BCUT2D eigenvalue weighted by Crippen LogP contribution is 2.39. The van der Waals surface area contributed by atoms with Gasteiger partial charge in [-0.05, 0) is 37.3 Å². The summed E-state index contributed by atoms with van der Waals surface area (Å²) in [5, 5.41) is 0. The van der Waals surface area contributed by atoms with Crippen LogP contribution in [0.5, 0.6) is 0 Å². The molecule has 1 fully saturated rings. The smallest absolute Gasteiger partial charge is 0.233 e. The molecule has 0 radical (unpaired) electrons. The van der Waals surface area contributed by atoms with Crippen molar-refractivity contribution in [1.82, 2.24) is 4.72 Å². The Hall–Kier alpha value is -1.22. The van der Waals surface area contributed by atoms with Crippen molar-refractivity contribution < 1.29 is 4.79 Å². The molecule has 0 aromatic rings. The summed E-state index contributed by atoms with van der Waals surface area (Å²) >= 11 is 1.33. The molecule has 0 spiro atoms. The lowest BCUT2D eigenvalue weighted by Gasteiger charge is -2.03. The Bertz CT molecular complexity index is 344. The van der Waals surface area contributed by atoms with Gasteiger partial charge < -0.3 is 0 Å². The third kappa shape index (κ3) is 3.74. The van der Waals surface area contributed by atoms with Gasteiger partial charge in [-0.25, -0.2) is 0 Å². The maximum atomic E-state index is 11.6. The summed E-state index contributed by atoms with van der Waals surface area (Å²) in [5.74, 6) is 0.587. The van der Waals surface area contributed by atoms with Gasteiger partial charge in [0.1, 0.15) is 0 Å². The van der Waals surface area contributed by atoms with E-state index in [9.17, 15) is 4.79 Å². The van der Waals surface area contributed by atoms with Crippen molar-refractivity contribution in [2.45, 2.75) is 13.3 Å². The SMILES string of the molecule is C=C/C=C(\C=C/C)SNC(=O)C1CC1C=C. The van der Waals surface area contributed by atoms with Crippen LogP contribution in [0.3, 0.4) is 0 Å². The maximum Gasteiger partial charge on any atom is 0.233 e. The van der Waals surface area contributed by atoms with Crippen molar-refractivity contribution >= 4 is 17.9 Å². The lowest BCUT2D eigenvalue weighted by molar-refractivity contribution is -0.120. The Morgan fingerprint density at radius 3 is 2.75 bits per heavy atom. The highest BCUT2D eigenvalue weighted by atomic mass is 32.2. The second-order valence-corrected chi connectivity index (χ2v) is 4.49. The van der Waals surface area contributed by atoms with E-state index in [1.54, 1.807) is 6.08 Å². The molecule has 1 saturated carbocycles. The molecule has 0 aromatic heterocycles. The van der Waals surface area contributed by atoms with Gasteiger partial charge in [0.2, 0.25) is 5.91 Å². The minimum Gasteiger partial charge on any atom is -0.296 e. The summed E-state index contributed by atoms with van der Waals surface area (Å²) < 4.78 is 2.84. The van der Waals surface area contributed by atoms with Gasteiger partial charge in [-0.2, -0.15) is 0 Å². The van der Waals surface area contributed by atoms with Crippen molar-refractivity contribution in [2.75, 3.05) is 0 Å². The summed E-state index contributed by atoms with van der Waals surface area (Å²) in [6.07, 6.45) is 10.2. The van der Waals surface area contributed by atoms with E-state index in [-0.39, 0.29) is 11.8 Å². The first-order chi connectivity index (χ1) is 7.72. The Morgan fingerprint density at radius 2 is 2.25 bits per heavy atom. The van der Waals surface area contributed by atoms with Gasteiger partial charge in [-0.3, -0.25) is 9.52 Å². The quantitative estimate of drug-likeness (QED) is 0.435. The van der Waals surface area contributed by atoms with Gasteiger partial charge in [0.05, 0.1) is 0 Å². The molecule has 1 aliphatic rings. The molecular weight excluding hydrogens is 218 g/mol. The van der Waals surface area contributed by atoms with E-state index in [2.05, 4.69) is 17.9 Å². The molecule has 0 saturated heterocycles. The van der Waals surface area contributed by atoms with Gasteiger partial charge in [0.25, 0.3) is 0 Å². The molecule has 1 aliphatic carbocycles. The molecule has 1 rings (SSSR count). The summed E-state index contributed by atoms with van der Waals surface area (Å²) in [6.45, 7) is 9.26. The van der Waals surface area contributed by atoms with Gasteiger partial charge in [0.15, 0.2) is 0 Å². The van der Waals surface area contributed by atoms with Crippen LogP contribution in [-0.4, -0.2) is 5.91 Å². The molecule has 0 aromatic carbocycles. The number of carbonyl (C=O) groups excluding carboxylic acids is 1. The van der Waals surface area contributed by atoms with Crippen LogP contribution in [0, 0.1) is 11.8 Å². The fourth-order valence-corrected chi connectivity index (χ4v) is 2.10. The third-order valence-electron chi connectivity index (χ3n) is 2.36. The lowest BCUT2D eigenvalue weighted by atomic mass is 10.3. The molecule has 0 bridgehead atoms. The van der Waals surface area contributed by atoms with Crippen LogP contribution < -0.4 is 4.72 Å². The Morgan fingerprint density at radius 1 is 1.50 bits per heavy atom. The predicted octanol–water partition coefficient (Wildman–Crippen LogP) is 3.22. The number of hydrogen-bond donors (Lipinski definition) is 1. The fraction of sp³-hybridized carbons (Fsp3) is 0.308. The predicted molar refractivity (Wildman–Crippen MR) is 70.6 cm³/mol. The fourth-order valence-electron chi connectivity index (χ4n) is 1.37. The lowest BCUT2D eigenvalue weighted by Crippen LogP contribution is -2.18. The molecule has 0 aliphatic heterocycles. The highest BCUT2D eigenvalue weighted by molar-refractivity contribution is 8.01. The van der Waals surface area contributed by atoms with Crippen LogP contribution in [0.2, 0.25) is 0 Å². The minimum absolute atomic E-state index is 0.0920. The first-order valence-corrected chi connectivity index (χ1v) is 6.09. The molecule has 1 N–H and O–H groups in total. The standard InChI is InChI=1S/C13H17NOS/c1-4-7-11(8-5-2)16-14-13(15)12-9-10(12)6-3/h4-8,10,12H,1,3,9H2,2H3,(H,14,15)/b8-5-,11-7+. The highest BCUT2D eigenvalue weighted by Gasteiger charge is 2.40. The first-order valence-electron chi connectivity index (χ1n) is 5.27. The van der Waals surface area contributed by atoms with E-state index in [0.717, 1.165) is 11.3 Å². The van der Waals surface area contributed by atoms with Crippen LogP contribution in [-0.2, 0) is 4.79 Å². The largest absolute Gasteiger partial charge is 0.296 e. The van der Waals surface area contributed by atoms with Crippen molar-refractivity contribution in [1.29, 1.82) is 0 Å². The average molecular weight is 235 g/mol. The third-order valence-corrected chi connectivity index (χ3v) is 3.17. The van der Waals surface area contributed by atoms with Crippen LogP contribution in [0.15, 0.2) is 48.4 Å². The molecule has 2 atom stereocenters. The van der Waals surface area contributed by atoms with Crippen LogP contribution in [0.1, 0.15) is 13.3 Å². The first kappa shape index (κ1) is 12.8. The summed E-state index contributed by atoms with van der Waals surface area (Å²) in [6, 6.07) is 0. The molecule has 86 valence electrons. The zero-order valence-electron chi connectivity index (χ0n) is 9.48. The van der Waals surface area contributed by atoms with Gasteiger partial charge in [0, 0.05) is 10.8 Å². The van der Waals surface area contributed by atoms with Crippen LogP contribution in [0.4, 0.5) is 0 Å². The summed E-state index contributed by atoms with van der Waals surface area (Å²) in [4.78, 5) is 12.6. The van der Waals surface area contributed by atoms with Gasteiger partial charge >= 0.3 is 0 Å². The Kier molecular flexibility index (Phi) is 5.12. The normalized spacial score (nSPS) is 24.2. The zero-order chi connectivity index (χ0) is 12.0. The van der Waals surface area contributed by atoms with Crippen molar-refractivity contribution in [3.05, 3.63) is 48.4 Å². The summed E-state index contributed by atoms with van der Waals surface area (Å²) in [7, 11) is 0. The van der Waals surface area contributed by atoms with E-state index >= 15 is 0 Å². The number of carbonyl (C=O) groups is 1. The Labute approximate surface area is 101 Å². The van der Waals surface area contributed by atoms with Crippen molar-refractivity contribution in [3.63, 3.8) is 0 Å². The van der Waals surface area contributed by atoms with E-state index in [1.807, 2.05) is 31.2 Å². The van der Waals surface area contributed by atoms with Crippen LogP contribution >= 0.6 is 11.9 Å². The number of rotatable bonds is 6. The van der Waals surface area contributed by atoms with E-state index in [0.29, 0.717) is 5.92 Å². The second-order valence-electron chi connectivity index (χ2n) is 3.61.